The molecule has 2 rings (SSSR count). The van der Waals surface area contributed by atoms with Crippen molar-refractivity contribution in [3.8, 4) is 0 Å². The Morgan fingerprint density at radius 2 is 2.18 bits per heavy atom. The van der Waals surface area contributed by atoms with Gasteiger partial charge >= 0.3 is 5.97 Å². The standard InChI is InChI=1S/C15H17ClN2O3S/c1-4-21-13(19)8-22-15-17-12-7-10(16)5-6-11(12)14(20)18(15)9(2)3/h5-7,9H,4,8H2,1-3H3. The summed E-state index contributed by atoms with van der Waals surface area (Å²) in [7, 11) is 0. The second-order valence-corrected chi connectivity index (χ2v) is 6.30. The summed E-state index contributed by atoms with van der Waals surface area (Å²) in [5.74, 6) is -0.220. The largest absolute Gasteiger partial charge is 0.465 e. The molecule has 0 bridgehead atoms. The number of carbonyl (C=O) groups excluding carboxylic acids is 1. The predicted octanol–water partition coefficient (Wildman–Crippen LogP) is 3.29. The summed E-state index contributed by atoms with van der Waals surface area (Å²) in [5.41, 5.74) is 0.392. The van der Waals surface area contributed by atoms with Gasteiger partial charge in [0.25, 0.3) is 5.56 Å². The van der Waals surface area contributed by atoms with E-state index in [0.29, 0.717) is 27.7 Å². The zero-order valence-electron chi connectivity index (χ0n) is 12.6. The molecule has 0 spiro atoms. The van der Waals surface area contributed by atoms with E-state index in [2.05, 4.69) is 4.98 Å². The van der Waals surface area contributed by atoms with Crippen molar-refractivity contribution in [3.05, 3.63) is 33.6 Å². The topological polar surface area (TPSA) is 61.2 Å². The second-order valence-electron chi connectivity index (χ2n) is 4.92. The molecule has 22 heavy (non-hydrogen) atoms. The van der Waals surface area contributed by atoms with E-state index in [1.54, 1.807) is 29.7 Å². The average molecular weight is 341 g/mol. The van der Waals surface area contributed by atoms with Crippen molar-refractivity contribution in [3.63, 3.8) is 0 Å². The number of hydrogen-bond donors (Lipinski definition) is 0. The van der Waals surface area contributed by atoms with E-state index in [0.717, 1.165) is 0 Å². The van der Waals surface area contributed by atoms with Crippen LogP contribution in [0, 0.1) is 0 Å². The van der Waals surface area contributed by atoms with Crippen LogP contribution in [0.5, 0.6) is 0 Å². The van der Waals surface area contributed by atoms with Gasteiger partial charge in [-0.3, -0.25) is 14.2 Å². The highest BCUT2D eigenvalue weighted by molar-refractivity contribution is 7.99. The van der Waals surface area contributed by atoms with Crippen LogP contribution in [0.15, 0.2) is 28.2 Å². The van der Waals surface area contributed by atoms with E-state index in [1.165, 1.54) is 11.8 Å². The molecule has 0 unspecified atom stereocenters. The third-order valence-electron chi connectivity index (χ3n) is 2.97. The van der Waals surface area contributed by atoms with Crippen LogP contribution in [-0.2, 0) is 9.53 Å². The lowest BCUT2D eigenvalue weighted by Gasteiger charge is -2.16. The third-order valence-corrected chi connectivity index (χ3v) is 4.13. The first kappa shape index (κ1) is 16.8. The maximum Gasteiger partial charge on any atom is 0.316 e. The van der Waals surface area contributed by atoms with Gasteiger partial charge in [-0.1, -0.05) is 23.4 Å². The molecule has 0 N–H and O–H groups in total. The maximum atomic E-state index is 12.6. The fourth-order valence-electron chi connectivity index (χ4n) is 2.04. The normalized spacial score (nSPS) is 11.1. The molecule has 118 valence electrons. The minimum absolute atomic E-state index is 0.0650. The van der Waals surface area contributed by atoms with Crippen molar-refractivity contribution in [2.75, 3.05) is 12.4 Å². The second kappa shape index (κ2) is 7.15. The number of fused-ring (bicyclic) bond motifs is 1. The molecule has 2 aromatic rings. The van der Waals surface area contributed by atoms with Gasteiger partial charge < -0.3 is 4.74 Å². The first-order chi connectivity index (χ1) is 10.4. The number of rotatable bonds is 5. The monoisotopic (exact) mass is 340 g/mol. The molecule has 1 aromatic carbocycles. The summed E-state index contributed by atoms with van der Waals surface area (Å²) in [6.07, 6.45) is 0. The molecule has 0 aliphatic rings. The molecule has 0 atom stereocenters. The molecule has 0 saturated heterocycles. The zero-order chi connectivity index (χ0) is 16.3. The average Bonchev–Trinajstić information content (AvgIpc) is 2.44. The Kier molecular flexibility index (Phi) is 5.47. The van der Waals surface area contributed by atoms with Crippen molar-refractivity contribution >= 4 is 40.2 Å². The van der Waals surface area contributed by atoms with Gasteiger partial charge in [-0.2, -0.15) is 0 Å². The molecule has 0 amide bonds. The van der Waals surface area contributed by atoms with Gasteiger partial charge in [0.1, 0.15) is 0 Å². The number of nitrogens with zero attached hydrogens (tertiary/aromatic N) is 2. The molecule has 7 heteroatoms. The fraction of sp³-hybridized carbons (Fsp3) is 0.400. The maximum absolute atomic E-state index is 12.6. The van der Waals surface area contributed by atoms with Gasteiger partial charge in [0.15, 0.2) is 5.16 Å². The van der Waals surface area contributed by atoms with E-state index in [1.807, 2.05) is 13.8 Å². The van der Waals surface area contributed by atoms with Crippen LogP contribution in [0.3, 0.4) is 0 Å². The van der Waals surface area contributed by atoms with Crippen molar-refractivity contribution in [2.24, 2.45) is 0 Å². The Bertz CT molecular complexity index is 758. The number of benzene rings is 1. The molecular weight excluding hydrogens is 324 g/mol. The van der Waals surface area contributed by atoms with Crippen LogP contribution in [0.2, 0.25) is 5.02 Å². The summed E-state index contributed by atoms with van der Waals surface area (Å²) < 4.78 is 6.49. The van der Waals surface area contributed by atoms with Gasteiger partial charge in [-0.15, -0.1) is 0 Å². The molecular formula is C15H17ClN2O3S. The summed E-state index contributed by atoms with van der Waals surface area (Å²) >= 11 is 7.16. The van der Waals surface area contributed by atoms with E-state index >= 15 is 0 Å². The molecule has 1 heterocycles. The number of aromatic nitrogens is 2. The lowest BCUT2D eigenvalue weighted by molar-refractivity contribution is -0.139. The van der Waals surface area contributed by atoms with Crippen LogP contribution in [0.1, 0.15) is 26.8 Å². The van der Waals surface area contributed by atoms with Gasteiger partial charge in [0.2, 0.25) is 0 Å². The van der Waals surface area contributed by atoms with E-state index in [-0.39, 0.29) is 23.3 Å². The van der Waals surface area contributed by atoms with Gasteiger partial charge in [0, 0.05) is 11.1 Å². The number of ether oxygens (including phenoxy) is 1. The first-order valence-electron chi connectivity index (χ1n) is 6.94. The van der Waals surface area contributed by atoms with Crippen LogP contribution < -0.4 is 5.56 Å². The first-order valence-corrected chi connectivity index (χ1v) is 8.30. The molecule has 0 aliphatic carbocycles. The summed E-state index contributed by atoms with van der Waals surface area (Å²) in [6, 6.07) is 4.93. The van der Waals surface area contributed by atoms with Gasteiger partial charge in [-0.05, 0) is 39.0 Å². The molecule has 1 aromatic heterocycles. The lowest BCUT2D eigenvalue weighted by Crippen LogP contribution is -2.25. The number of esters is 1. The summed E-state index contributed by atoms with van der Waals surface area (Å²) in [5, 5.41) is 1.52. The van der Waals surface area contributed by atoms with Crippen LogP contribution in [0.4, 0.5) is 0 Å². The molecule has 0 saturated carbocycles. The molecule has 5 nitrogen and oxygen atoms in total. The highest BCUT2D eigenvalue weighted by Gasteiger charge is 2.15. The highest BCUT2D eigenvalue weighted by atomic mass is 35.5. The summed E-state index contributed by atoms with van der Waals surface area (Å²) in [6.45, 7) is 5.89. The number of halogens is 1. The van der Waals surface area contributed by atoms with E-state index in [4.69, 9.17) is 16.3 Å². The van der Waals surface area contributed by atoms with Crippen LogP contribution >= 0.6 is 23.4 Å². The number of carbonyl (C=O) groups is 1. The Morgan fingerprint density at radius 3 is 2.82 bits per heavy atom. The SMILES string of the molecule is CCOC(=O)CSc1nc2cc(Cl)ccc2c(=O)n1C(C)C. The Hall–Kier alpha value is -1.53. The van der Waals surface area contributed by atoms with Crippen molar-refractivity contribution in [1.82, 2.24) is 9.55 Å². The summed E-state index contributed by atoms with van der Waals surface area (Å²) in [4.78, 5) is 28.6. The Balaban J connectivity index is 2.48. The highest BCUT2D eigenvalue weighted by Crippen LogP contribution is 2.22. The van der Waals surface area contributed by atoms with Crippen LogP contribution in [-0.4, -0.2) is 27.9 Å². The predicted molar refractivity (Wildman–Crippen MR) is 88.8 cm³/mol. The quantitative estimate of drug-likeness (QED) is 0.475. The smallest absolute Gasteiger partial charge is 0.316 e. The number of thioether (sulfide) groups is 1. The molecule has 0 fully saturated rings. The lowest BCUT2D eigenvalue weighted by atomic mass is 10.2. The van der Waals surface area contributed by atoms with E-state index in [9.17, 15) is 9.59 Å². The molecule has 0 radical (unpaired) electrons. The Morgan fingerprint density at radius 1 is 1.45 bits per heavy atom. The molecule has 0 aliphatic heterocycles. The van der Waals surface area contributed by atoms with Gasteiger partial charge in [-0.25, -0.2) is 4.98 Å². The van der Waals surface area contributed by atoms with Gasteiger partial charge in [0.05, 0.1) is 23.3 Å². The zero-order valence-corrected chi connectivity index (χ0v) is 14.2. The van der Waals surface area contributed by atoms with Crippen molar-refractivity contribution in [1.29, 1.82) is 0 Å². The minimum atomic E-state index is -0.330. The number of hydrogen-bond acceptors (Lipinski definition) is 5. The van der Waals surface area contributed by atoms with E-state index < -0.39 is 0 Å². The third kappa shape index (κ3) is 3.62. The minimum Gasteiger partial charge on any atom is -0.465 e. The Labute approximate surface area is 137 Å². The van der Waals surface area contributed by atoms with Crippen molar-refractivity contribution < 1.29 is 9.53 Å². The fourth-order valence-corrected chi connectivity index (χ4v) is 3.13. The van der Waals surface area contributed by atoms with Crippen molar-refractivity contribution in [2.45, 2.75) is 32.0 Å². The van der Waals surface area contributed by atoms with Crippen LogP contribution in [0.25, 0.3) is 10.9 Å².